The van der Waals surface area contributed by atoms with Gasteiger partial charge in [0.05, 0.1) is 25.9 Å². The first kappa shape index (κ1) is 21.8. The zero-order valence-corrected chi connectivity index (χ0v) is 19.7. The van der Waals surface area contributed by atoms with Crippen molar-refractivity contribution in [1.29, 1.82) is 5.41 Å². The van der Waals surface area contributed by atoms with Gasteiger partial charge in [-0.2, -0.15) is 0 Å². The van der Waals surface area contributed by atoms with Crippen LogP contribution in [0.25, 0.3) is 10.8 Å². The number of rotatable bonds is 5. The maximum absolute atomic E-state index is 9.22. The Bertz CT molecular complexity index is 1420. The van der Waals surface area contributed by atoms with E-state index in [1.807, 2.05) is 28.8 Å². The van der Waals surface area contributed by atoms with Crippen LogP contribution in [0.1, 0.15) is 22.6 Å². The third-order valence-corrected chi connectivity index (χ3v) is 7.01. The van der Waals surface area contributed by atoms with E-state index in [4.69, 9.17) is 14.2 Å². The molecule has 7 nitrogen and oxygen atoms in total. The number of hydrogen-bond acceptors (Lipinski definition) is 6. The molecule has 1 saturated heterocycles. The molecule has 2 aliphatic heterocycles. The highest BCUT2D eigenvalue weighted by molar-refractivity contribution is 5.90. The smallest absolute Gasteiger partial charge is 0.228 e. The molecular formula is C28H28N4O3. The van der Waals surface area contributed by atoms with E-state index in [0.717, 1.165) is 71.8 Å². The number of morpholine rings is 1. The van der Waals surface area contributed by atoms with Gasteiger partial charge in [-0.25, -0.2) is 4.98 Å². The molecule has 2 aliphatic rings. The van der Waals surface area contributed by atoms with Crippen molar-refractivity contribution in [3.63, 3.8) is 0 Å². The first-order chi connectivity index (χ1) is 17.2. The lowest BCUT2D eigenvalue weighted by atomic mass is 9.81. The van der Waals surface area contributed by atoms with E-state index < -0.39 is 0 Å². The molecule has 0 spiro atoms. The van der Waals surface area contributed by atoms with Crippen molar-refractivity contribution >= 4 is 10.8 Å². The molecule has 0 unspecified atom stereocenters. The highest BCUT2D eigenvalue weighted by Crippen LogP contribution is 2.48. The first-order valence-corrected chi connectivity index (χ1v) is 12.0. The fourth-order valence-corrected chi connectivity index (χ4v) is 5.13. The normalized spacial score (nSPS) is 17.5. The van der Waals surface area contributed by atoms with E-state index in [9.17, 15) is 5.41 Å². The topological polar surface area (TPSA) is 72.6 Å². The Balaban J connectivity index is 1.49. The number of fused-ring (bicyclic) bond motifs is 4. The summed E-state index contributed by atoms with van der Waals surface area (Å²) in [6, 6.07) is 20.5. The van der Waals surface area contributed by atoms with Crippen LogP contribution in [0, 0.1) is 5.41 Å². The standard InChI is InChI=1S/C28H28N4O3/c1-33-21-9-6-20(7-10-21)24-25-22-5-3-2-4-19(22)8-11-23(25)35-28-26(24)27(29)32(18-30-28)13-12-31-14-16-34-17-15-31/h2-11,18,24,29H,12-17H2,1H3/t24-/m1/s1. The second-order valence-electron chi connectivity index (χ2n) is 8.97. The number of benzene rings is 3. The van der Waals surface area contributed by atoms with E-state index in [0.29, 0.717) is 17.9 Å². The zero-order chi connectivity index (χ0) is 23.8. The zero-order valence-electron chi connectivity index (χ0n) is 19.7. The van der Waals surface area contributed by atoms with Crippen molar-refractivity contribution in [3.8, 4) is 17.4 Å². The van der Waals surface area contributed by atoms with Gasteiger partial charge in [0.25, 0.3) is 0 Å². The largest absolute Gasteiger partial charge is 0.497 e. The van der Waals surface area contributed by atoms with E-state index in [-0.39, 0.29) is 5.92 Å². The SMILES string of the molecule is COc1ccc([C@H]2c3c(ncn(CCN4CCOCC4)c3=N)Oc3ccc4ccccc4c32)cc1. The van der Waals surface area contributed by atoms with Crippen LogP contribution in [-0.2, 0) is 11.3 Å². The van der Waals surface area contributed by atoms with Crippen LogP contribution in [0.4, 0.5) is 0 Å². The number of nitrogens with one attached hydrogen (secondary N) is 1. The van der Waals surface area contributed by atoms with Gasteiger partial charge in [0.2, 0.25) is 5.88 Å². The number of hydrogen-bond donors (Lipinski definition) is 1. The number of aromatic nitrogens is 2. The molecule has 35 heavy (non-hydrogen) atoms. The lowest BCUT2D eigenvalue weighted by Gasteiger charge is -2.30. The second-order valence-corrected chi connectivity index (χ2v) is 8.97. The molecule has 3 heterocycles. The fraction of sp³-hybridized carbons (Fsp3) is 0.286. The third-order valence-electron chi connectivity index (χ3n) is 7.01. The molecule has 7 heteroatoms. The highest BCUT2D eigenvalue weighted by atomic mass is 16.5. The molecule has 0 saturated carbocycles. The quantitative estimate of drug-likeness (QED) is 0.420. The van der Waals surface area contributed by atoms with Gasteiger partial charge in [-0.05, 0) is 34.5 Å². The van der Waals surface area contributed by atoms with E-state index in [1.54, 1.807) is 13.4 Å². The summed E-state index contributed by atoms with van der Waals surface area (Å²) in [7, 11) is 1.67. The molecular weight excluding hydrogens is 440 g/mol. The number of nitrogens with zero attached hydrogens (tertiary/aromatic N) is 3. The van der Waals surface area contributed by atoms with Gasteiger partial charge in [0.15, 0.2) is 0 Å². The predicted molar refractivity (Wildman–Crippen MR) is 133 cm³/mol. The third kappa shape index (κ3) is 3.96. The lowest BCUT2D eigenvalue weighted by Crippen LogP contribution is -2.40. The molecule has 1 N–H and O–H groups in total. The molecule has 1 atom stereocenters. The van der Waals surface area contributed by atoms with Crippen molar-refractivity contribution < 1.29 is 14.2 Å². The molecule has 3 aromatic carbocycles. The molecule has 6 rings (SSSR count). The monoisotopic (exact) mass is 468 g/mol. The van der Waals surface area contributed by atoms with Crippen molar-refractivity contribution in [2.24, 2.45) is 0 Å². The van der Waals surface area contributed by atoms with E-state index >= 15 is 0 Å². The van der Waals surface area contributed by atoms with Crippen LogP contribution in [0.5, 0.6) is 17.4 Å². The van der Waals surface area contributed by atoms with Gasteiger partial charge in [-0.15, -0.1) is 0 Å². The van der Waals surface area contributed by atoms with Gasteiger partial charge in [0, 0.05) is 37.7 Å². The molecule has 0 bridgehead atoms. The van der Waals surface area contributed by atoms with Gasteiger partial charge in [-0.3, -0.25) is 10.3 Å². The Morgan fingerprint density at radius 2 is 1.77 bits per heavy atom. The minimum atomic E-state index is -0.179. The van der Waals surface area contributed by atoms with Crippen LogP contribution < -0.4 is 15.0 Å². The second kappa shape index (κ2) is 9.17. The predicted octanol–water partition coefficient (Wildman–Crippen LogP) is 4.14. The molecule has 0 amide bonds. The maximum Gasteiger partial charge on any atom is 0.228 e. The summed E-state index contributed by atoms with van der Waals surface area (Å²) in [6.07, 6.45) is 1.73. The molecule has 0 radical (unpaired) electrons. The fourth-order valence-electron chi connectivity index (χ4n) is 5.13. The van der Waals surface area contributed by atoms with Crippen LogP contribution in [0.3, 0.4) is 0 Å². The van der Waals surface area contributed by atoms with Crippen molar-refractivity contribution in [1.82, 2.24) is 14.5 Å². The Morgan fingerprint density at radius 3 is 2.57 bits per heavy atom. The van der Waals surface area contributed by atoms with E-state index in [1.165, 1.54) is 0 Å². The first-order valence-electron chi connectivity index (χ1n) is 12.0. The number of methoxy groups -OCH3 is 1. The summed E-state index contributed by atoms with van der Waals surface area (Å²) in [5.74, 6) is 1.91. The van der Waals surface area contributed by atoms with Crippen LogP contribution in [0.2, 0.25) is 0 Å². The van der Waals surface area contributed by atoms with Crippen molar-refractivity contribution in [2.75, 3.05) is 40.0 Å². The summed E-state index contributed by atoms with van der Waals surface area (Å²) < 4.78 is 19.1. The van der Waals surface area contributed by atoms with Crippen molar-refractivity contribution in [3.05, 3.63) is 89.2 Å². The molecule has 0 aliphatic carbocycles. The Kier molecular flexibility index (Phi) is 5.72. The highest BCUT2D eigenvalue weighted by Gasteiger charge is 2.33. The van der Waals surface area contributed by atoms with Gasteiger partial charge >= 0.3 is 0 Å². The van der Waals surface area contributed by atoms with Crippen LogP contribution >= 0.6 is 0 Å². The van der Waals surface area contributed by atoms with Gasteiger partial charge < -0.3 is 18.8 Å². The maximum atomic E-state index is 9.22. The Morgan fingerprint density at radius 1 is 0.971 bits per heavy atom. The lowest BCUT2D eigenvalue weighted by molar-refractivity contribution is 0.0362. The number of ether oxygens (including phenoxy) is 3. The summed E-state index contributed by atoms with van der Waals surface area (Å²) in [4.78, 5) is 7.06. The summed E-state index contributed by atoms with van der Waals surface area (Å²) in [6.45, 7) is 4.91. The minimum absolute atomic E-state index is 0.179. The molecule has 1 aromatic heterocycles. The average Bonchev–Trinajstić information content (AvgIpc) is 2.92. The summed E-state index contributed by atoms with van der Waals surface area (Å²) in [5, 5.41) is 11.5. The summed E-state index contributed by atoms with van der Waals surface area (Å²) in [5.41, 5.74) is 3.38. The van der Waals surface area contributed by atoms with E-state index in [2.05, 4.69) is 46.3 Å². The molecule has 178 valence electrons. The molecule has 4 aromatic rings. The Labute approximate surface area is 204 Å². The van der Waals surface area contributed by atoms with Crippen molar-refractivity contribution in [2.45, 2.75) is 12.5 Å². The van der Waals surface area contributed by atoms with Gasteiger partial charge in [-0.1, -0.05) is 42.5 Å². The summed E-state index contributed by atoms with van der Waals surface area (Å²) >= 11 is 0. The minimum Gasteiger partial charge on any atom is -0.497 e. The Hall–Kier alpha value is -3.68. The van der Waals surface area contributed by atoms with Crippen LogP contribution in [0.15, 0.2) is 67.0 Å². The average molecular weight is 469 g/mol. The van der Waals surface area contributed by atoms with Crippen LogP contribution in [-0.4, -0.2) is 54.4 Å². The molecule has 1 fully saturated rings. The van der Waals surface area contributed by atoms with Gasteiger partial charge in [0.1, 0.15) is 23.3 Å².